The molecule has 0 spiro atoms. The molecule has 1 rings (SSSR count). The molecule has 2 nitrogen and oxygen atoms in total. The molecule has 0 radical (unpaired) electrons. The van der Waals surface area contributed by atoms with E-state index in [2.05, 4.69) is 38.2 Å². The van der Waals surface area contributed by atoms with Crippen molar-refractivity contribution < 1.29 is 4.79 Å². The van der Waals surface area contributed by atoms with Gasteiger partial charge in [-0.1, -0.05) is 32.9 Å². The van der Waals surface area contributed by atoms with Crippen LogP contribution in [0.2, 0.25) is 0 Å². The Morgan fingerprint density at radius 1 is 1.19 bits per heavy atom. The molecule has 0 aliphatic rings. The first-order chi connectivity index (χ1) is 7.56. The third kappa shape index (κ3) is 3.09. The van der Waals surface area contributed by atoms with Crippen LogP contribution >= 0.6 is 0 Å². The van der Waals surface area contributed by atoms with E-state index in [0.29, 0.717) is 18.4 Å². The predicted octanol–water partition coefficient (Wildman–Crippen LogP) is 3.20. The maximum atomic E-state index is 11.5. The van der Waals surface area contributed by atoms with Crippen LogP contribution in [0.4, 0.5) is 0 Å². The van der Waals surface area contributed by atoms with Gasteiger partial charge in [-0.25, -0.2) is 0 Å². The lowest BCUT2D eigenvalue weighted by Crippen LogP contribution is -2.22. The van der Waals surface area contributed by atoms with Gasteiger partial charge >= 0.3 is 0 Å². The van der Waals surface area contributed by atoms with Crippen LogP contribution in [0.15, 0.2) is 24.3 Å². The van der Waals surface area contributed by atoms with Crippen molar-refractivity contribution in [1.29, 1.82) is 0 Å². The lowest BCUT2D eigenvalue weighted by molar-refractivity contribution is 0.0956. The van der Waals surface area contributed by atoms with Crippen molar-refractivity contribution in [2.24, 2.45) is 5.92 Å². The van der Waals surface area contributed by atoms with Crippen LogP contribution in [-0.2, 0) is 0 Å². The molecule has 1 aromatic rings. The summed E-state index contributed by atoms with van der Waals surface area (Å²) in [6.07, 6.45) is 0. The first-order valence-corrected chi connectivity index (χ1v) is 5.94. The van der Waals surface area contributed by atoms with Crippen molar-refractivity contribution in [3.8, 4) is 0 Å². The van der Waals surface area contributed by atoms with Crippen molar-refractivity contribution in [1.82, 2.24) is 5.32 Å². The van der Waals surface area contributed by atoms with Gasteiger partial charge in [0.1, 0.15) is 0 Å². The summed E-state index contributed by atoms with van der Waals surface area (Å²) >= 11 is 0. The van der Waals surface area contributed by atoms with Gasteiger partial charge in [0, 0.05) is 12.1 Å². The molecule has 0 saturated heterocycles. The van der Waals surface area contributed by atoms with Gasteiger partial charge in [0.2, 0.25) is 0 Å². The van der Waals surface area contributed by atoms with Crippen molar-refractivity contribution in [3.63, 3.8) is 0 Å². The van der Waals surface area contributed by atoms with E-state index in [1.165, 1.54) is 5.56 Å². The summed E-state index contributed by atoms with van der Waals surface area (Å²) in [7, 11) is 0. The normalized spacial score (nSPS) is 12.6. The molecule has 88 valence electrons. The van der Waals surface area contributed by atoms with Crippen LogP contribution in [0, 0.1) is 5.92 Å². The van der Waals surface area contributed by atoms with Gasteiger partial charge in [-0.3, -0.25) is 4.79 Å². The number of benzene rings is 1. The van der Waals surface area contributed by atoms with E-state index in [1.54, 1.807) is 0 Å². The molecule has 1 unspecified atom stereocenters. The van der Waals surface area contributed by atoms with E-state index in [4.69, 9.17) is 0 Å². The maximum absolute atomic E-state index is 11.5. The number of hydrogen-bond acceptors (Lipinski definition) is 1. The zero-order valence-electron chi connectivity index (χ0n) is 10.6. The quantitative estimate of drug-likeness (QED) is 0.827. The first-order valence-electron chi connectivity index (χ1n) is 5.94. The third-order valence-corrected chi connectivity index (χ3v) is 3.04. The smallest absolute Gasteiger partial charge is 0.251 e. The van der Waals surface area contributed by atoms with Crippen LogP contribution in [0.1, 0.15) is 49.5 Å². The van der Waals surface area contributed by atoms with Crippen molar-refractivity contribution in [2.45, 2.75) is 33.6 Å². The maximum Gasteiger partial charge on any atom is 0.251 e. The first kappa shape index (κ1) is 12.8. The number of carbonyl (C=O) groups is 1. The molecule has 0 fully saturated rings. The fourth-order valence-electron chi connectivity index (χ4n) is 1.59. The van der Waals surface area contributed by atoms with E-state index in [0.717, 1.165) is 5.56 Å². The summed E-state index contributed by atoms with van der Waals surface area (Å²) in [5.41, 5.74) is 2.03. The van der Waals surface area contributed by atoms with Gasteiger partial charge in [-0.2, -0.15) is 0 Å². The Balaban J connectivity index is 2.79. The van der Waals surface area contributed by atoms with Crippen LogP contribution in [-0.4, -0.2) is 12.5 Å². The minimum atomic E-state index is 0.00579. The number of carbonyl (C=O) groups excluding carboxylic acids is 1. The molecular weight excluding hydrogens is 198 g/mol. The third-order valence-electron chi connectivity index (χ3n) is 3.04. The second-order valence-corrected chi connectivity index (χ2v) is 4.51. The number of amides is 1. The summed E-state index contributed by atoms with van der Waals surface area (Å²) < 4.78 is 0. The SMILES string of the molecule is CCNC(=O)c1ccc(C(C)C(C)C)cc1. The van der Waals surface area contributed by atoms with E-state index >= 15 is 0 Å². The standard InChI is InChI=1S/C14H21NO/c1-5-15-14(16)13-8-6-12(7-9-13)11(4)10(2)3/h6-11H,5H2,1-4H3,(H,15,16). The summed E-state index contributed by atoms with van der Waals surface area (Å²) in [4.78, 5) is 11.5. The molecule has 0 heterocycles. The second kappa shape index (κ2) is 5.69. The number of hydrogen-bond donors (Lipinski definition) is 1. The average molecular weight is 219 g/mol. The topological polar surface area (TPSA) is 29.1 Å². The highest BCUT2D eigenvalue weighted by Crippen LogP contribution is 2.23. The number of rotatable bonds is 4. The highest BCUT2D eigenvalue weighted by atomic mass is 16.1. The highest BCUT2D eigenvalue weighted by molar-refractivity contribution is 5.94. The molecule has 16 heavy (non-hydrogen) atoms. The van der Waals surface area contributed by atoms with E-state index in [-0.39, 0.29) is 5.91 Å². The molecule has 0 aliphatic heterocycles. The fourth-order valence-corrected chi connectivity index (χ4v) is 1.59. The lowest BCUT2D eigenvalue weighted by atomic mass is 9.90. The van der Waals surface area contributed by atoms with Gasteiger partial charge < -0.3 is 5.32 Å². The zero-order valence-corrected chi connectivity index (χ0v) is 10.6. The molecule has 0 bridgehead atoms. The van der Waals surface area contributed by atoms with Crippen LogP contribution in [0.3, 0.4) is 0 Å². The summed E-state index contributed by atoms with van der Waals surface area (Å²) in [6, 6.07) is 7.91. The van der Waals surface area contributed by atoms with Crippen LogP contribution in [0.5, 0.6) is 0 Å². The monoisotopic (exact) mass is 219 g/mol. The minimum absolute atomic E-state index is 0.00579. The van der Waals surface area contributed by atoms with Gasteiger partial charge in [0.25, 0.3) is 5.91 Å². The van der Waals surface area contributed by atoms with Crippen LogP contribution in [0.25, 0.3) is 0 Å². The molecule has 0 saturated carbocycles. The molecule has 1 amide bonds. The van der Waals surface area contributed by atoms with E-state index in [1.807, 2.05) is 19.1 Å². The van der Waals surface area contributed by atoms with Crippen molar-refractivity contribution >= 4 is 5.91 Å². The Morgan fingerprint density at radius 2 is 1.75 bits per heavy atom. The molecule has 0 aliphatic carbocycles. The molecule has 2 heteroatoms. The predicted molar refractivity (Wildman–Crippen MR) is 67.7 cm³/mol. The Labute approximate surface area is 98.1 Å². The second-order valence-electron chi connectivity index (χ2n) is 4.51. The Morgan fingerprint density at radius 3 is 2.19 bits per heavy atom. The van der Waals surface area contributed by atoms with Crippen LogP contribution < -0.4 is 5.32 Å². The zero-order chi connectivity index (χ0) is 12.1. The lowest BCUT2D eigenvalue weighted by Gasteiger charge is -2.16. The van der Waals surface area contributed by atoms with E-state index in [9.17, 15) is 4.79 Å². The fraction of sp³-hybridized carbons (Fsp3) is 0.500. The largest absolute Gasteiger partial charge is 0.352 e. The van der Waals surface area contributed by atoms with Crippen molar-refractivity contribution in [3.05, 3.63) is 35.4 Å². The number of nitrogens with one attached hydrogen (secondary N) is 1. The Kier molecular flexibility index (Phi) is 4.53. The van der Waals surface area contributed by atoms with E-state index < -0.39 is 0 Å². The summed E-state index contributed by atoms with van der Waals surface area (Å²) in [5.74, 6) is 1.16. The Bertz CT molecular complexity index is 340. The van der Waals surface area contributed by atoms with Gasteiger partial charge in [0.15, 0.2) is 0 Å². The molecule has 0 aromatic heterocycles. The molecular formula is C14H21NO. The minimum Gasteiger partial charge on any atom is -0.352 e. The van der Waals surface area contributed by atoms with Gasteiger partial charge in [-0.05, 0) is 36.5 Å². The highest BCUT2D eigenvalue weighted by Gasteiger charge is 2.10. The van der Waals surface area contributed by atoms with Gasteiger partial charge in [0.05, 0.1) is 0 Å². The Hall–Kier alpha value is -1.31. The molecule has 1 aromatic carbocycles. The molecule has 1 N–H and O–H groups in total. The summed E-state index contributed by atoms with van der Waals surface area (Å²) in [6.45, 7) is 9.23. The molecule has 1 atom stereocenters. The van der Waals surface area contributed by atoms with Gasteiger partial charge in [-0.15, -0.1) is 0 Å². The average Bonchev–Trinajstić information content (AvgIpc) is 2.28. The summed E-state index contributed by atoms with van der Waals surface area (Å²) in [5, 5.41) is 2.79. The van der Waals surface area contributed by atoms with Crippen molar-refractivity contribution in [2.75, 3.05) is 6.54 Å².